The van der Waals surface area contributed by atoms with Gasteiger partial charge in [-0.3, -0.25) is 4.79 Å². The maximum atomic E-state index is 11.2. The molecule has 0 saturated carbocycles. The molecule has 0 bridgehead atoms. The van der Waals surface area contributed by atoms with Crippen molar-refractivity contribution in [1.29, 1.82) is 0 Å². The molecule has 0 spiro atoms. The number of rotatable bonds is 6. The minimum absolute atomic E-state index is 0.444. The van der Waals surface area contributed by atoms with Gasteiger partial charge < -0.3 is 10.6 Å². The van der Waals surface area contributed by atoms with Gasteiger partial charge in [-0.15, -0.1) is 0 Å². The van der Waals surface area contributed by atoms with Crippen LogP contribution < -0.4 is 10.6 Å². The molecule has 0 saturated heterocycles. The Labute approximate surface area is 138 Å². The number of hydrogen-bond donors (Lipinski definition) is 2. The van der Waals surface area contributed by atoms with E-state index in [2.05, 4.69) is 27.6 Å². The van der Waals surface area contributed by atoms with Crippen molar-refractivity contribution in [2.75, 3.05) is 17.2 Å². The molecule has 7 heteroatoms. The van der Waals surface area contributed by atoms with E-state index in [9.17, 15) is 4.79 Å². The lowest BCUT2D eigenvalue weighted by atomic mass is 10.3. The van der Waals surface area contributed by atoms with Crippen LogP contribution in [0.4, 0.5) is 17.3 Å². The molecule has 0 aliphatic carbocycles. The van der Waals surface area contributed by atoms with Gasteiger partial charge in [0.05, 0.1) is 11.8 Å². The number of hydrogen-bond acceptors (Lipinski definition) is 5. The van der Waals surface area contributed by atoms with Crippen molar-refractivity contribution in [3.05, 3.63) is 47.1 Å². The Kier molecular flexibility index (Phi) is 4.43. The fourth-order valence-corrected chi connectivity index (χ4v) is 2.41. The zero-order chi connectivity index (χ0) is 16.2. The molecule has 0 aliphatic rings. The van der Waals surface area contributed by atoms with Crippen molar-refractivity contribution in [2.45, 2.75) is 13.3 Å². The normalized spacial score (nSPS) is 10.7. The van der Waals surface area contributed by atoms with E-state index in [-0.39, 0.29) is 0 Å². The van der Waals surface area contributed by atoms with E-state index in [4.69, 9.17) is 11.6 Å². The smallest absolute Gasteiger partial charge is 0.170 e. The molecule has 0 unspecified atom stereocenters. The van der Waals surface area contributed by atoms with Crippen LogP contribution in [0.5, 0.6) is 0 Å². The molecule has 2 aromatic heterocycles. The fraction of sp³-hybridized carbons (Fsp3) is 0.188. The van der Waals surface area contributed by atoms with E-state index in [1.54, 1.807) is 10.6 Å². The first-order valence-electron chi connectivity index (χ1n) is 7.31. The summed E-state index contributed by atoms with van der Waals surface area (Å²) in [6, 6.07) is 9.22. The lowest BCUT2D eigenvalue weighted by Crippen LogP contribution is -2.08. The molecule has 0 fully saturated rings. The molecule has 2 N–H and O–H groups in total. The first-order valence-corrected chi connectivity index (χ1v) is 7.69. The molecule has 0 amide bonds. The molecule has 6 nitrogen and oxygen atoms in total. The predicted octanol–water partition coefficient (Wildman–Crippen LogP) is 3.76. The number of aromatic nitrogens is 3. The van der Waals surface area contributed by atoms with Gasteiger partial charge in [0.15, 0.2) is 11.9 Å². The minimum Gasteiger partial charge on any atom is -0.370 e. The van der Waals surface area contributed by atoms with E-state index in [0.717, 1.165) is 30.8 Å². The summed E-state index contributed by atoms with van der Waals surface area (Å²) in [6.07, 6.45) is 3.24. The van der Waals surface area contributed by atoms with E-state index in [1.165, 1.54) is 6.20 Å². The zero-order valence-electron chi connectivity index (χ0n) is 12.6. The summed E-state index contributed by atoms with van der Waals surface area (Å²) >= 11 is 6.00. The van der Waals surface area contributed by atoms with Gasteiger partial charge in [0.2, 0.25) is 0 Å². The molecule has 0 radical (unpaired) electrons. The summed E-state index contributed by atoms with van der Waals surface area (Å²) in [5.74, 6) is 1.39. The monoisotopic (exact) mass is 329 g/mol. The summed E-state index contributed by atoms with van der Waals surface area (Å²) < 4.78 is 1.63. The Morgan fingerprint density at radius 3 is 2.96 bits per heavy atom. The molecular formula is C16H16ClN5O. The van der Waals surface area contributed by atoms with Crippen LogP contribution in [0.2, 0.25) is 5.02 Å². The molecular weight excluding hydrogens is 314 g/mol. The summed E-state index contributed by atoms with van der Waals surface area (Å²) in [4.78, 5) is 15.6. The number of nitrogens with zero attached hydrogens (tertiary/aromatic N) is 3. The van der Waals surface area contributed by atoms with Crippen molar-refractivity contribution in [3.8, 4) is 0 Å². The highest BCUT2D eigenvalue weighted by atomic mass is 35.5. The topological polar surface area (TPSA) is 71.3 Å². The van der Waals surface area contributed by atoms with Gasteiger partial charge in [-0.2, -0.15) is 9.61 Å². The summed E-state index contributed by atoms with van der Waals surface area (Å²) in [7, 11) is 0. The maximum absolute atomic E-state index is 11.2. The number of benzene rings is 1. The number of aldehydes is 1. The van der Waals surface area contributed by atoms with Gasteiger partial charge in [-0.05, 0) is 24.6 Å². The van der Waals surface area contributed by atoms with E-state index in [0.29, 0.717) is 22.1 Å². The van der Waals surface area contributed by atoms with Gasteiger partial charge in [0.1, 0.15) is 11.6 Å². The predicted molar refractivity (Wildman–Crippen MR) is 91.9 cm³/mol. The van der Waals surface area contributed by atoms with Crippen molar-refractivity contribution in [3.63, 3.8) is 0 Å². The lowest BCUT2D eigenvalue weighted by molar-refractivity contribution is 0.112. The summed E-state index contributed by atoms with van der Waals surface area (Å²) in [5, 5.41) is 11.3. The molecule has 23 heavy (non-hydrogen) atoms. The minimum atomic E-state index is 0.444. The third-order valence-electron chi connectivity index (χ3n) is 3.28. The lowest BCUT2D eigenvalue weighted by Gasteiger charge is -2.11. The molecule has 3 rings (SSSR count). The molecule has 118 valence electrons. The standard InChI is InChI=1S/C16H16ClN5O/c1-2-6-18-15-8-14(20-13-5-3-4-12(17)7-13)21-16-11(10-23)9-19-22(15)16/h3-5,7-10,18H,2,6H2,1H3,(H,20,21). The quantitative estimate of drug-likeness (QED) is 0.674. The highest BCUT2D eigenvalue weighted by Crippen LogP contribution is 2.23. The Hall–Kier alpha value is -2.60. The van der Waals surface area contributed by atoms with Crippen molar-refractivity contribution in [2.24, 2.45) is 0 Å². The van der Waals surface area contributed by atoms with Crippen molar-refractivity contribution < 1.29 is 4.79 Å². The van der Waals surface area contributed by atoms with Crippen molar-refractivity contribution in [1.82, 2.24) is 14.6 Å². The SMILES string of the molecule is CCCNc1cc(Nc2cccc(Cl)c2)nc2c(C=O)cnn12. The molecule has 1 aromatic carbocycles. The van der Waals surface area contributed by atoms with Gasteiger partial charge >= 0.3 is 0 Å². The molecule has 2 heterocycles. The van der Waals surface area contributed by atoms with Gasteiger partial charge in [0, 0.05) is 23.3 Å². The van der Waals surface area contributed by atoms with E-state index >= 15 is 0 Å². The first-order chi connectivity index (χ1) is 11.2. The average molecular weight is 330 g/mol. The van der Waals surface area contributed by atoms with Crippen LogP contribution in [0, 0.1) is 0 Å². The number of halogens is 1. The van der Waals surface area contributed by atoms with Gasteiger partial charge in [-0.1, -0.05) is 24.6 Å². The van der Waals surface area contributed by atoms with Crippen LogP contribution in [0.1, 0.15) is 23.7 Å². The second-order valence-electron chi connectivity index (χ2n) is 5.04. The second-order valence-corrected chi connectivity index (χ2v) is 5.48. The summed E-state index contributed by atoms with van der Waals surface area (Å²) in [6.45, 7) is 2.88. The Bertz CT molecular complexity index is 846. The van der Waals surface area contributed by atoms with Gasteiger partial charge in [0.25, 0.3) is 0 Å². The second kappa shape index (κ2) is 6.66. The number of carbonyl (C=O) groups excluding carboxylic acids is 1. The molecule has 3 aromatic rings. The zero-order valence-corrected chi connectivity index (χ0v) is 13.3. The first kappa shape index (κ1) is 15.3. The van der Waals surface area contributed by atoms with Crippen LogP contribution >= 0.6 is 11.6 Å². The highest BCUT2D eigenvalue weighted by molar-refractivity contribution is 6.30. The van der Waals surface area contributed by atoms with E-state index < -0.39 is 0 Å². The average Bonchev–Trinajstić information content (AvgIpc) is 2.95. The Morgan fingerprint density at radius 1 is 1.35 bits per heavy atom. The third-order valence-corrected chi connectivity index (χ3v) is 3.51. The van der Waals surface area contributed by atoms with Crippen LogP contribution in [-0.2, 0) is 0 Å². The number of anilines is 3. The fourth-order valence-electron chi connectivity index (χ4n) is 2.22. The van der Waals surface area contributed by atoms with E-state index in [1.807, 2.05) is 24.3 Å². The third kappa shape index (κ3) is 3.27. The maximum Gasteiger partial charge on any atom is 0.170 e. The van der Waals surface area contributed by atoms with Crippen molar-refractivity contribution >= 4 is 40.9 Å². The molecule has 0 atom stereocenters. The Balaban J connectivity index is 2.03. The summed E-state index contributed by atoms with van der Waals surface area (Å²) in [5.41, 5.74) is 1.77. The number of fused-ring (bicyclic) bond motifs is 1. The van der Waals surface area contributed by atoms with Crippen LogP contribution in [-0.4, -0.2) is 27.4 Å². The van der Waals surface area contributed by atoms with Crippen LogP contribution in [0.15, 0.2) is 36.5 Å². The van der Waals surface area contributed by atoms with Crippen LogP contribution in [0.3, 0.4) is 0 Å². The largest absolute Gasteiger partial charge is 0.370 e. The number of nitrogens with one attached hydrogen (secondary N) is 2. The Morgan fingerprint density at radius 2 is 2.22 bits per heavy atom. The van der Waals surface area contributed by atoms with Gasteiger partial charge in [-0.25, -0.2) is 4.98 Å². The number of carbonyl (C=O) groups is 1. The highest BCUT2D eigenvalue weighted by Gasteiger charge is 2.11. The molecule has 0 aliphatic heterocycles. The van der Waals surface area contributed by atoms with Crippen LogP contribution in [0.25, 0.3) is 5.65 Å².